The fourth-order valence-corrected chi connectivity index (χ4v) is 2.71. The Morgan fingerprint density at radius 2 is 1.44 bits per heavy atom. The highest BCUT2D eigenvalue weighted by Gasteiger charge is 2.08. The summed E-state index contributed by atoms with van der Waals surface area (Å²) in [6.45, 7) is 19.5. The zero-order valence-corrected chi connectivity index (χ0v) is 18.0. The Morgan fingerprint density at radius 1 is 0.840 bits per heavy atom. The van der Waals surface area contributed by atoms with Crippen LogP contribution >= 0.6 is 0 Å². The Balaban J connectivity index is 4.85. The molecule has 0 aromatic rings. The molecule has 25 heavy (non-hydrogen) atoms. The molecule has 0 aliphatic rings. The lowest BCUT2D eigenvalue weighted by Crippen LogP contribution is -2.00. The highest BCUT2D eigenvalue weighted by molar-refractivity contribution is 5.15. The predicted molar refractivity (Wildman–Crippen MR) is 117 cm³/mol. The van der Waals surface area contributed by atoms with Crippen LogP contribution in [0.15, 0.2) is 59.3 Å². The van der Waals surface area contributed by atoms with Crippen LogP contribution in [0.2, 0.25) is 0 Å². The van der Waals surface area contributed by atoms with Crippen LogP contribution in [0.1, 0.15) is 87.0 Å². The second kappa shape index (κ2) is 13.9. The summed E-state index contributed by atoms with van der Waals surface area (Å²) in [5.74, 6) is 1.21. The Bertz CT molecular complexity index is 488. The molecule has 0 bridgehead atoms. The first kappa shape index (κ1) is 23.7. The molecule has 0 rings (SSSR count). The fraction of sp³-hybridized carbons (Fsp3) is 0.600. The SMILES string of the molecule is C=CC(C)C/C=C(/C/C=C(\C)CCC=C(C)C)C(C)CCC=C(C)C. The van der Waals surface area contributed by atoms with E-state index in [0.29, 0.717) is 11.8 Å². The summed E-state index contributed by atoms with van der Waals surface area (Å²) in [6, 6.07) is 0. The molecule has 0 aliphatic heterocycles. The van der Waals surface area contributed by atoms with E-state index in [1.54, 1.807) is 5.57 Å². The molecule has 0 aromatic carbocycles. The number of rotatable bonds is 12. The molecule has 0 amide bonds. The highest BCUT2D eigenvalue weighted by atomic mass is 14.1. The summed E-state index contributed by atoms with van der Waals surface area (Å²) < 4.78 is 0. The molecule has 0 nitrogen and oxygen atoms in total. The average molecular weight is 343 g/mol. The standard InChI is InChI=1S/C25H42/c1-9-22(6)16-18-25(24(8)15-11-13-21(4)5)19-17-23(7)14-10-12-20(2)3/h9,12-13,17-18,22,24H,1,10-11,14-16,19H2,2-8H3/b23-17+,25-18-. The molecule has 0 N–H and O–H groups in total. The van der Waals surface area contributed by atoms with E-state index in [9.17, 15) is 0 Å². The largest absolute Gasteiger partial charge is 0.103 e. The molecular formula is C25H42. The van der Waals surface area contributed by atoms with Gasteiger partial charge in [0.1, 0.15) is 0 Å². The van der Waals surface area contributed by atoms with E-state index >= 15 is 0 Å². The first-order chi connectivity index (χ1) is 11.8. The van der Waals surface area contributed by atoms with Crippen LogP contribution in [0.3, 0.4) is 0 Å². The van der Waals surface area contributed by atoms with E-state index in [1.807, 2.05) is 0 Å². The summed E-state index contributed by atoms with van der Waals surface area (Å²) in [4.78, 5) is 0. The second-order valence-corrected chi connectivity index (χ2v) is 8.06. The number of allylic oxidation sites excluding steroid dienone is 9. The fourth-order valence-electron chi connectivity index (χ4n) is 2.71. The van der Waals surface area contributed by atoms with Gasteiger partial charge in [0, 0.05) is 0 Å². The molecular weight excluding hydrogens is 300 g/mol. The molecule has 142 valence electrons. The summed E-state index contributed by atoms with van der Waals surface area (Å²) in [5.41, 5.74) is 5.95. The summed E-state index contributed by atoms with van der Waals surface area (Å²) in [5, 5.41) is 0. The van der Waals surface area contributed by atoms with Gasteiger partial charge in [-0.2, -0.15) is 0 Å². The minimum absolute atomic E-state index is 0.558. The van der Waals surface area contributed by atoms with Crippen molar-refractivity contribution in [3.63, 3.8) is 0 Å². The van der Waals surface area contributed by atoms with Crippen molar-refractivity contribution in [3.05, 3.63) is 59.3 Å². The van der Waals surface area contributed by atoms with E-state index < -0.39 is 0 Å². The van der Waals surface area contributed by atoms with Gasteiger partial charge in [-0.15, -0.1) is 6.58 Å². The molecule has 0 radical (unpaired) electrons. The van der Waals surface area contributed by atoms with E-state index in [-0.39, 0.29) is 0 Å². The van der Waals surface area contributed by atoms with Gasteiger partial charge in [-0.1, -0.05) is 66.5 Å². The summed E-state index contributed by atoms with van der Waals surface area (Å²) in [7, 11) is 0. The van der Waals surface area contributed by atoms with Gasteiger partial charge in [0.05, 0.1) is 0 Å². The molecule has 0 saturated carbocycles. The lowest BCUT2D eigenvalue weighted by molar-refractivity contribution is 0.600. The van der Waals surface area contributed by atoms with Gasteiger partial charge in [0.25, 0.3) is 0 Å². The minimum Gasteiger partial charge on any atom is -0.103 e. The number of hydrogen-bond acceptors (Lipinski definition) is 0. The first-order valence-corrected chi connectivity index (χ1v) is 10.00. The smallest absolute Gasteiger partial charge is 0.0134 e. The van der Waals surface area contributed by atoms with Crippen molar-refractivity contribution in [2.45, 2.75) is 87.0 Å². The molecule has 0 heterocycles. The highest BCUT2D eigenvalue weighted by Crippen LogP contribution is 2.24. The number of hydrogen-bond donors (Lipinski definition) is 0. The van der Waals surface area contributed by atoms with Crippen LogP contribution in [0.4, 0.5) is 0 Å². The van der Waals surface area contributed by atoms with Gasteiger partial charge in [-0.25, -0.2) is 0 Å². The van der Waals surface area contributed by atoms with Crippen molar-refractivity contribution in [3.8, 4) is 0 Å². The van der Waals surface area contributed by atoms with E-state index in [4.69, 9.17) is 0 Å². The third kappa shape index (κ3) is 13.6. The van der Waals surface area contributed by atoms with Crippen LogP contribution in [-0.2, 0) is 0 Å². The minimum atomic E-state index is 0.558. The molecule has 0 aliphatic carbocycles. The van der Waals surface area contributed by atoms with E-state index in [0.717, 1.165) is 19.3 Å². The van der Waals surface area contributed by atoms with E-state index in [2.05, 4.69) is 85.4 Å². The Hall–Kier alpha value is -1.30. The lowest BCUT2D eigenvalue weighted by atomic mass is 9.90. The van der Waals surface area contributed by atoms with Crippen molar-refractivity contribution >= 4 is 0 Å². The molecule has 0 aromatic heterocycles. The average Bonchev–Trinajstić information content (AvgIpc) is 2.53. The van der Waals surface area contributed by atoms with Crippen LogP contribution < -0.4 is 0 Å². The van der Waals surface area contributed by atoms with Gasteiger partial charge in [-0.3, -0.25) is 0 Å². The van der Waals surface area contributed by atoms with Crippen molar-refractivity contribution < 1.29 is 0 Å². The van der Waals surface area contributed by atoms with Gasteiger partial charge < -0.3 is 0 Å². The Morgan fingerprint density at radius 3 is 2.00 bits per heavy atom. The van der Waals surface area contributed by atoms with Gasteiger partial charge in [-0.05, 0) is 85.0 Å². The van der Waals surface area contributed by atoms with Crippen LogP contribution in [0.25, 0.3) is 0 Å². The van der Waals surface area contributed by atoms with Crippen molar-refractivity contribution in [2.75, 3.05) is 0 Å². The molecule has 2 unspecified atom stereocenters. The first-order valence-electron chi connectivity index (χ1n) is 10.00. The summed E-state index contributed by atoms with van der Waals surface area (Å²) >= 11 is 0. The topological polar surface area (TPSA) is 0 Å². The second-order valence-electron chi connectivity index (χ2n) is 8.06. The van der Waals surface area contributed by atoms with Gasteiger partial charge in [0.15, 0.2) is 0 Å². The predicted octanol–water partition coefficient (Wildman–Crippen LogP) is 8.59. The molecule has 2 atom stereocenters. The molecule has 0 heteroatoms. The molecule has 0 spiro atoms. The van der Waals surface area contributed by atoms with Gasteiger partial charge in [0.2, 0.25) is 0 Å². The maximum absolute atomic E-state index is 3.92. The molecule has 0 saturated heterocycles. The monoisotopic (exact) mass is 342 g/mol. The van der Waals surface area contributed by atoms with Crippen LogP contribution in [0, 0.1) is 11.8 Å². The maximum atomic E-state index is 3.92. The van der Waals surface area contributed by atoms with E-state index in [1.165, 1.54) is 36.0 Å². The van der Waals surface area contributed by atoms with Crippen molar-refractivity contribution in [2.24, 2.45) is 11.8 Å². The Labute approximate surface area is 158 Å². The maximum Gasteiger partial charge on any atom is -0.0134 e. The quantitative estimate of drug-likeness (QED) is 0.311. The lowest BCUT2D eigenvalue weighted by Gasteiger charge is -2.16. The third-order valence-corrected chi connectivity index (χ3v) is 4.72. The third-order valence-electron chi connectivity index (χ3n) is 4.72. The molecule has 0 fully saturated rings. The summed E-state index contributed by atoms with van der Waals surface area (Å²) in [6.07, 6.45) is 18.6. The van der Waals surface area contributed by atoms with Gasteiger partial charge >= 0.3 is 0 Å². The normalized spacial score (nSPS) is 14.7. The zero-order chi connectivity index (χ0) is 19.2. The van der Waals surface area contributed by atoms with Crippen LogP contribution in [0.5, 0.6) is 0 Å². The van der Waals surface area contributed by atoms with Crippen molar-refractivity contribution in [1.82, 2.24) is 0 Å². The van der Waals surface area contributed by atoms with Crippen LogP contribution in [-0.4, -0.2) is 0 Å². The van der Waals surface area contributed by atoms with Crippen molar-refractivity contribution in [1.29, 1.82) is 0 Å². The Kier molecular flexibility index (Phi) is 13.2. The zero-order valence-electron chi connectivity index (χ0n) is 18.0.